The molecule has 1 heterocycles. The van der Waals surface area contributed by atoms with Crippen LogP contribution in [-0.2, 0) is 4.74 Å². The maximum absolute atomic E-state index is 11.7. The Morgan fingerprint density at radius 1 is 1.53 bits per heavy atom. The van der Waals surface area contributed by atoms with Crippen molar-refractivity contribution < 1.29 is 9.53 Å². The summed E-state index contributed by atoms with van der Waals surface area (Å²) in [5.74, 6) is 1.06. The highest BCUT2D eigenvalue weighted by Crippen LogP contribution is 2.40. The van der Waals surface area contributed by atoms with Crippen molar-refractivity contribution in [3.8, 4) is 0 Å². The molecule has 2 unspecified atom stereocenters. The summed E-state index contributed by atoms with van der Waals surface area (Å²) in [5.41, 5.74) is 0.520. The minimum absolute atomic E-state index is 0.279. The highest BCUT2D eigenvalue weighted by molar-refractivity contribution is 7.12. The molecule has 94 valence electrons. The van der Waals surface area contributed by atoms with Crippen LogP contribution in [0.2, 0.25) is 0 Å². The summed E-state index contributed by atoms with van der Waals surface area (Å²) in [6.07, 6.45) is 3.68. The number of hydrogen-bond acceptors (Lipinski definition) is 4. The molecule has 1 fully saturated rings. The Morgan fingerprint density at radius 3 is 2.88 bits per heavy atom. The largest absolute Gasteiger partial charge is 0.461 e. The molecule has 0 spiro atoms. The normalized spacial score (nSPS) is 23.9. The van der Waals surface area contributed by atoms with Crippen molar-refractivity contribution in [2.75, 3.05) is 6.61 Å². The van der Waals surface area contributed by atoms with Crippen LogP contribution < -0.4 is 0 Å². The number of thiazole rings is 1. The van der Waals surface area contributed by atoms with Crippen molar-refractivity contribution in [3.63, 3.8) is 0 Å². The lowest BCUT2D eigenvalue weighted by molar-refractivity contribution is 0.0519. The van der Waals surface area contributed by atoms with Crippen LogP contribution in [-0.4, -0.2) is 17.6 Å². The van der Waals surface area contributed by atoms with E-state index in [1.165, 1.54) is 19.3 Å². The van der Waals surface area contributed by atoms with Gasteiger partial charge in [0, 0.05) is 10.8 Å². The van der Waals surface area contributed by atoms with Crippen molar-refractivity contribution in [3.05, 3.63) is 15.6 Å². The fraction of sp³-hybridized carbons (Fsp3) is 0.692. The van der Waals surface area contributed by atoms with Gasteiger partial charge >= 0.3 is 5.97 Å². The second-order valence-electron chi connectivity index (χ2n) is 4.79. The van der Waals surface area contributed by atoms with E-state index in [2.05, 4.69) is 11.9 Å². The molecule has 1 aliphatic carbocycles. The number of carbonyl (C=O) groups excluding carboxylic acids is 1. The molecule has 0 N–H and O–H groups in total. The Morgan fingerprint density at radius 2 is 2.29 bits per heavy atom. The number of aryl methyl sites for hydroxylation is 1. The molecule has 2 atom stereocenters. The van der Waals surface area contributed by atoms with Crippen molar-refractivity contribution in [2.45, 2.75) is 46.0 Å². The predicted octanol–water partition coefficient (Wildman–Crippen LogP) is 3.53. The number of carbonyl (C=O) groups is 1. The average molecular weight is 253 g/mol. The van der Waals surface area contributed by atoms with Gasteiger partial charge in [0.25, 0.3) is 0 Å². The lowest BCUT2D eigenvalue weighted by Crippen LogP contribution is -2.07. The summed E-state index contributed by atoms with van der Waals surface area (Å²) in [7, 11) is 0. The van der Waals surface area contributed by atoms with Gasteiger partial charge in [-0.15, -0.1) is 11.3 Å². The lowest BCUT2D eigenvalue weighted by Gasteiger charge is -2.04. The Bertz CT molecular complexity index is 414. The molecule has 3 nitrogen and oxygen atoms in total. The smallest absolute Gasteiger partial charge is 0.358 e. The SMILES string of the molecule is CCOC(=O)c1nc(C2CCC(C)C2)sc1C. The van der Waals surface area contributed by atoms with E-state index in [0.717, 1.165) is 15.8 Å². The van der Waals surface area contributed by atoms with Gasteiger partial charge in [-0.25, -0.2) is 9.78 Å². The molecule has 1 aromatic rings. The highest BCUT2D eigenvalue weighted by atomic mass is 32.1. The van der Waals surface area contributed by atoms with E-state index in [0.29, 0.717) is 18.2 Å². The molecule has 0 saturated heterocycles. The Hall–Kier alpha value is -0.900. The molecule has 4 heteroatoms. The first-order chi connectivity index (χ1) is 8.11. The van der Waals surface area contributed by atoms with E-state index < -0.39 is 0 Å². The van der Waals surface area contributed by atoms with Gasteiger partial charge in [-0.2, -0.15) is 0 Å². The number of aromatic nitrogens is 1. The number of nitrogens with zero attached hydrogens (tertiary/aromatic N) is 1. The molecule has 0 aliphatic heterocycles. The number of ether oxygens (including phenoxy) is 1. The monoisotopic (exact) mass is 253 g/mol. The Labute approximate surface area is 106 Å². The predicted molar refractivity (Wildman–Crippen MR) is 68.6 cm³/mol. The maximum atomic E-state index is 11.7. The summed E-state index contributed by atoms with van der Waals surface area (Å²) in [6.45, 7) is 6.46. The summed E-state index contributed by atoms with van der Waals surface area (Å²) >= 11 is 1.66. The zero-order chi connectivity index (χ0) is 12.4. The van der Waals surface area contributed by atoms with Crippen LogP contribution in [0.15, 0.2) is 0 Å². The van der Waals surface area contributed by atoms with Crippen molar-refractivity contribution in [2.24, 2.45) is 5.92 Å². The quantitative estimate of drug-likeness (QED) is 0.773. The van der Waals surface area contributed by atoms with E-state index >= 15 is 0 Å². The Kier molecular flexibility index (Phi) is 3.82. The second kappa shape index (κ2) is 5.17. The fourth-order valence-electron chi connectivity index (χ4n) is 2.41. The van der Waals surface area contributed by atoms with Gasteiger partial charge in [-0.1, -0.05) is 13.3 Å². The van der Waals surface area contributed by atoms with Crippen molar-refractivity contribution in [1.29, 1.82) is 0 Å². The van der Waals surface area contributed by atoms with Gasteiger partial charge in [0.2, 0.25) is 0 Å². The third-order valence-electron chi connectivity index (χ3n) is 3.33. The maximum Gasteiger partial charge on any atom is 0.358 e. The number of rotatable bonds is 3. The third kappa shape index (κ3) is 2.68. The molecule has 0 amide bonds. The van der Waals surface area contributed by atoms with Crippen LogP contribution in [0.1, 0.15) is 59.4 Å². The molecule has 1 aliphatic rings. The molecule has 2 rings (SSSR count). The first kappa shape index (κ1) is 12.6. The van der Waals surface area contributed by atoms with Crippen molar-refractivity contribution in [1.82, 2.24) is 4.98 Å². The minimum Gasteiger partial charge on any atom is -0.461 e. The number of hydrogen-bond donors (Lipinski definition) is 0. The second-order valence-corrected chi connectivity index (χ2v) is 6.03. The molecule has 1 saturated carbocycles. The van der Waals surface area contributed by atoms with E-state index in [1.807, 2.05) is 13.8 Å². The van der Waals surface area contributed by atoms with Crippen LogP contribution in [0, 0.1) is 12.8 Å². The number of esters is 1. The summed E-state index contributed by atoms with van der Waals surface area (Å²) in [4.78, 5) is 17.2. The third-order valence-corrected chi connectivity index (χ3v) is 4.46. The molecule has 1 aromatic heterocycles. The molecule has 0 radical (unpaired) electrons. The molecular formula is C13H19NO2S. The van der Waals surface area contributed by atoms with Gasteiger partial charge in [-0.05, 0) is 32.6 Å². The molecule has 17 heavy (non-hydrogen) atoms. The average Bonchev–Trinajstić information content (AvgIpc) is 2.85. The fourth-order valence-corrected chi connectivity index (χ4v) is 3.47. The van der Waals surface area contributed by atoms with Crippen LogP contribution >= 0.6 is 11.3 Å². The van der Waals surface area contributed by atoms with Crippen molar-refractivity contribution >= 4 is 17.3 Å². The summed E-state index contributed by atoms with van der Waals surface area (Å²) in [5, 5.41) is 1.12. The first-order valence-electron chi connectivity index (χ1n) is 6.26. The summed E-state index contributed by atoms with van der Waals surface area (Å²) in [6, 6.07) is 0. The van der Waals surface area contributed by atoms with Gasteiger partial charge in [0.15, 0.2) is 5.69 Å². The molecule has 0 bridgehead atoms. The van der Waals surface area contributed by atoms with Crippen LogP contribution in [0.4, 0.5) is 0 Å². The standard InChI is InChI=1S/C13H19NO2S/c1-4-16-13(15)11-9(3)17-12(14-11)10-6-5-8(2)7-10/h8,10H,4-7H2,1-3H3. The highest BCUT2D eigenvalue weighted by Gasteiger charge is 2.27. The van der Waals surface area contributed by atoms with E-state index in [-0.39, 0.29) is 5.97 Å². The van der Waals surface area contributed by atoms with E-state index in [4.69, 9.17) is 4.74 Å². The lowest BCUT2D eigenvalue weighted by atomic mass is 10.1. The topological polar surface area (TPSA) is 39.2 Å². The van der Waals surface area contributed by atoms with Gasteiger partial charge in [0.1, 0.15) is 0 Å². The molecular weight excluding hydrogens is 234 g/mol. The zero-order valence-electron chi connectivity index (χ0n) is 10.7. The first-order valence-corrected chi connectivity index (χ1v) is 7.08. The summed E-state index contributed by atoms with van der Waals surface area (Å²) < 4.78 is 5.01. The van der Waals surface area contributed by atoms with Crippen LogP contribution in [0.25, 0.3) is 0 Å². The zero-order valence-corrected chi connectivity index (χ0v) is 11.5. The van der Waals surface area contributed by atoms with Gasteiger partial charge in [0.05, 0.1) is 11.6 Å². The van der Waals surface area contributed by atoms with Gasteiger partial charge in [-0.3, -0.25) is 0 Å². The van der Waals surface area contributed by atoms with Crippen LogP contribution in [0.3, 0.4) is 0 Å². The van der Waals surface area contributed by atoms with Crippen LogP contribution in [0.5, 0.6) is 0 Å². The van der Waals surface area contributed by atoms with E-state index in [9.17, 15) is 4.79 Å². The minimum atomic E-state index is -0.279. The Balaban J connectivity index is 2.15. The molecule has 0 aromatic carbocycles. The van der Waals surface area contributed by atoms with E-state index in [1.54, 1.807) is 11.3 Å². The van der Waals surface area contributed by atoms with Gasteiger partial charge < -0.3 is 4.74 Å².